The van der Waals surface area contributed by atoms with Crippen LogP contribution >= 0.6 is 0 Å². The third-order valence-corrected chi connectivity index (χ3v) is 4.52. The Morgan fingerprint density at radius 1 is 1.38 bits per heavy atom. The van der Waals surface area contributed by atoms with E-state index in [0.29, 0.717) is 11.6 Å². The van der Waals surface area contributed by atoms with Gasteiger partial charge >= 0.3 is 6.03 Å². The molecule has 1 saturated heterocycles. The van der Waals surface area contributed by atoms with E-state index in [0.717, 1.165) is 25.2 Å². The van der Waals surface area contributed by atoms with E-state index in [1.54, 1.807) is 29.3 Å². The van der Waals surface area contributed by atoms with Gasteiger partial charge in [-0.15, -0.1) is 0 Å². The number of pyridine rings is 1. The summed E-state index contributed by atoms with van der Waals surface area (Å²) in [5.41, 5.74) is 6.32. The first-order valence-corrected chi connectivity index (χ1v) is 7.88. The molecule has 124 valence electrons. The average Bonchev–Trinajstić information content (AvgIpc) is 3.00. The molecule has 0 radical (unpaired) electrons. The standard InChI is InChI=1S/C16H18N6O2/c17-14(23)11-4-5-12-15(19-11)22(10-6-8-21(12)9-10)16(24)20-13-3-1-2-7-18-13/h1-5,7,10-11,19H,6,8-9H2,(H2,17,23)(H,18,20,24)/t10-,11?/m0/s1. The van der Waals surface area contributed by atoms with E-state index in [-0.39, 0.29) is 12.1 Å². The molecule has 4 rings (SSSR count). The SMILES string of the molecule is NC(=O)C1C=CC2=C(N1)N(C(=O)Nc1ccccn1)[C@H]1CCN2C1. The predicted octanol–water partition coefficient (Wildman–Crippen LogP) is 0.186. The Labute approximate surface area is 139 Å². The van der Waals surface area contributed by atoms with Gasteiger partial charge in [-0.3, -0.25) is 15.0 Å². The van der Waals surface area contributed by atoms with Crippen LogP contribution in [0.1, 0.15) is 6.42 Å². The van der Waals surface area contributed by atoms with E-state index in [9.17, 15) is 9.59 Å². The summed E-state index contributed by atoms with van der Waals surface area (Å²) in [6.07, 6.45) is 6.09. The molecule has 3 aliphatic heterocycles. The maximum absolute atomic E-state index is 12.8. The molecule has 1 aromatic rings. The summed E-state index contributed by atoms with van der Waals surface area (Å²) in [6, 6.07) is 4.51. The van der Waals surface area contributed by atoms with Crippen LogP contribution in [0, 0.1) is 0 Å². The second-order valence-electron chi connectivity index (χ2n) is 6.02. The van der Waals surface area contributed by atoms with Gasteiger partial charge in [-0.1, -0.05) is 12.1 Å². The van der Waals surface area contributed by atoms with E-state index < -0.39 is 11.9 Å². The summed E-state index contributed by atoms with van der Waals surface area (Å²) in [5.74, 6) is 0.641. The fourth-order valence-electron chi connectivity index (χ4n) is 3.38. The minimum absolute atomic E-state index is 0.0555. The van der Waals surface area contributed by atoms with Gasteiger partial charge in [-0.05, 0) is 24.6 Å². The molecule has 1 aromatic heterocycles. The molecular weight excluding hydrogens is 308 g/mol. The average molecular weight is 326 g/mol. The van der Waals surface area contributed by atoms with Crippen LogP contribution in [-0.2, 0) is 4.79 Å². The van der Waals surface area contributed by atoms with Crippen molar-refractivity contribution < 1.29 is 9.59 Å². The van der Waals surface area contributed by atoms with Gasteiger partial charge in [0.05, 0.1) is 11.7 Å². The summed E-state index contributed by atoms with van der Waals surface area (Å²) >= 11 is 0. The van der Waals surface area contributed by atoms with Crippen LogP contribution in [0.3, 0.4) is 0 Å². The van der Waals surface area contributed by atoms with Gasteiger partial charge in [-0.2, -0.15) is 0 Å². The first-order chi connectivity index (χ1) is 11.6. The number of fused-ring (bicyclic) bond motifs is 3. The molecule has 4 N–H and O–H groups in total. The van der Waals surface area contributed by atoms with Crippen molar-refractivity contribution in [1.29, 1.82) is 0 Å². The van der Waals surface area contributed by atoms with Gasteiger partial charge in [0.25, 0.3) is 0 Å². The molecule has 1 fully saturated rings. The minimum Gasteiger partial charge on any atom is -0.368 e. The largest absolute Gasteiger partial charge is 0.368 e. The number of allylic oxidation sites excluding steroid dienone is 1. The highest BCUT2D eigenvalue weighted by Crippen LogP contribution is 2.33. The predicted molar refractivity (Wildman–Crippen MR) is 87.4 cm³/mol. The fourth-order valence-corrected chi connectivity index (χ4v) is 3.38. The number of amides is 3. The third kappa shape index (κ3) is 2.36. The number of dihydropyridines is 1. The minimum atomic E-state index is -0.618. The molecule has 1 unspecified atom stereocenters. The van der Waals surface area contributed by atoms with Crippen LogP contribution in [0.5, 0.6) is 0 Å². The number of carbonyl (C=O) groups excluding carboxylic acids is 2. The van der Waals surface area contributed by atoms with Crippen molar-refractivity contribution in [3.63, 3.8) is 0 Å². The zero-order chi connectivity index (χ0) is 16.7. The molecule has 0 aromatic carbocycles. The van der Waals surface area contributed by atoms with E-state index >= 15 is 0 Å². The third-order valence-electron chi connectivity index (χ3n) is 4.52. The van der Waals surface area contributed by atoms with Crippen molar-refractivity contribution in [3.8, 4) is 0 Å². The second kappa shape index (κ2) is 5.55. The van der Waals surface area contributed by atoms with Crippen LogP contribution in [-0.4, -0.2) is 51.9 Å². The Hall–Kier alpha value is -3.03. The Morgan fingerprint density at radius 3 is 3.00 bits per heavy atom. The fraction of sp³-hybridized carbons (Fsp3) is 0.312. The Morgan fingerprint density at radius 2 is 2.25 bits per heavy atom. The van der Waals surface area contributed by atoms with Crippen LogP contribution in [0.25, 0.3) is 0 Å². The quantitative estimate of drug-likeness (QED) is 0.719. The molecule has 8 heteroatoms. The zero-order valence-electron chi connectivity index (χ0n) is 13.0. The Balaban J connectivity index is 1.64. The van der Waals surface area contributed by atoms with Gasteiger partial charge in [0.15, 0.2) is 0 Å². The Bertz CT molecular complexity index is 744. The maximum Gasteiger partial charge on any atom is 0.328 e. The lowest BCUT2D eigenvalue weighted by atomic mass is 10.1. The van der Waals surface area contributed by atoms with E-state index in [1.807, 2.05) is 12.1 Å². The summed E-state index contributed by atoms with van der Waals surface area (Å²) in [5, 5.41) is 5.91. The monoisotopic (exact) mass is 326 g/mol. The molecule has 3 amide bonds. The highest BCUT2D eigenvalue weighted by atomic mass is 16.2. The highest BCUT2D eigenvalue weighted by molar-refractivity contribution is 5.90. The molecule has 3 aliphatic rings. The van der Waals surface area contributed by atoms with Crippen molar-refractivity contribution in [2.45, 2.75) is 18.5 Å². The first-order valence-electron chi connectivity index (χ1n) is 7.88. The van der Waals surface area contributed by atoms with Gasteiger partial charge in [0.2, 0.25) is 5.91 Å². The van der Waals surface area contributed by atoms with Gasteiger partial charge in [0, 0.05) is 19.3 Å². The van der Waals surface area contributed by atoms with E-state index in [1.165, 1.54) is 0 Å². The molecule has 24 heavy (non-hydrogen) atoms. The summed E-state index contributed by atoms with van der Waals surface area (Å²) in [4.78, 5) is 32.4. The van der Waals surface area contributed by atoms with Crippen LogP contribution in [0.4, 0.5) is 10.6 Å². The number of nitrogens with zero attached hydrogens (tertiary/aromatic N) is 3. The number of rotatable bonds is 2. The maximum atomic E-state index is 12.8. The topological polar surface area (TPSA) is 104 Å². The number of carbonyl (C=O) groups is 2. The van der Waals surface area contributed by atoms with Crippen molar-refractivity contribution >= 4 is 17.8 Å². The van der Waals surface area contributed by atoms with E-state index in [4.69, 9.17) is 5.73 Å². The molecule has 4 heterocycles. The number of anilines is 1. The molecule has 0 aliphatic carbocycles. The van der Waals surface area contributed by atoms with Crippen molar-refractivity contribution in [2.75, 3.05) is 18.4 Å². The number of hydrogen-bond donors (Lipinski definition) is 3. The van der Waals surface area contributed by atoms with Crippen LogP contribution in [0.2, 0.25) is 0 Å². The lowest BCUT2D eigenvalue weighted by Crippen LogP contribution is -2.55. The number of aromatic nitrogens is 1. The first kappa shape index (κ1) is 14.6. The number of hydrogen-bond acceptors (Lipinski definition) is 5. The van der Waals surface area contributed by atoms with Crippen LogP contribution in [0.15, 0.2) is 48.1 Å². The van der Waals surface area contributed by atoms with E-state index in [2.05, 4.69) is 20.5 Å². The number of nitrogens with one attached hydrogen (secondary N) is 2. The molecule has 0 spiro atoms. The van der Waals surface area contributed by atoms with Gasteiger partial charge < -0.3 is 16.0 Å². The zero-order valence-corrected chi connectivity index (χ0v) is 13.0. The summed E-state index contributed by atoms with van der Waals surface area (Å²) < 4.78 is 0. The van der Waals surface area contributed by atoms with Crippen molar-refractivity contribution in [3.05, 3.63) is 48.1 Å². The molecular formula is C16H18N6O2. The normalized spacial score (nSPS) is 24.5. The number of primary amides is 1. The summed E-state index contributed by atoms with van der Waals surface area (Å²) in [6.45, 7) is 1.66. The smallest absolute Gasteiger partial charge is 0.328 e. The highest BCUT2D eigenvalue weighted by Gasteiger charge is 2.42. The van der Waals surface area contributed by atoms with Gasteiger partial charge in [-0.25, -0.2) is 9.78 Å². The lowest BCUT2D eigenvalue weighted by Gasteiger charge is -2.40. The van der Waals surface area contributed by atoms with Gasteiger partial charge in [0.1, 0.15) is 17.7 Å². The summed E-state index contributed by atoms with van der Waals surface area (Å²) in [7, 11) is 0. The lowest BCUT2D eigenvalue weighted by molar-refractivity contribution is -0.118. The molecule has 2 atom stereocenters. The molecule has 0 saturated carbocycles. The number of nitrogens with two attached hydrogens (primary N) is 1. The number of urea groups is 1. The molecule has 2 bridgehead atoms. The molecule has 8 nitrogen and oxygen atoms in total. The van der Waals surface area contributed by atoms with Crippen molar-refractivity contribution in [2.24, 2.45) is 5.73 Å². The van der Waals surface area contributed by atoms with Crippen LogP contribution < -0.4 is 16.4 Å². The second-order valence-corrected chi connectivity index (χ2v) is 6.02. The van der Waals surface area contributed by atoms with Crippen molar-refractivity contribution in [1.82, 2.24) is 20.1 Å². The Kier molecular flexibility index (Phi) is 3.37.